The second-order valence-corrected chi connectivity index (χ2v) is 21.4. The monoisotopic (exact) mass is 984 g/mol. The Morgan fingerprint density at radius 1 is 0.386 bits per heavy atom. The number of esters is 1. The number of ether oxygens (including phenoxy) is 1. The van der Waals surface area contributed by atoms with Gasteiger partial charge in [-0.1, -0.05) is 275 Å². The third kappa shape index (κ3) is 55.4. The van der Waals surface area contributed by atoms with E-state index >= 15 is 0 Å². The highest BCUT2D eigenvalue weighted by Crippen LogP contribution is 2.17. The zero-order valence-electron chi connectivity index (χ0n) is 47.0. The first-order valence-corrected chi connectivity index (χ1v) is 31.3. The lowest BCUT2D eigenvalue weighted by Crippen LogP contribution is -2.45. The van der Waals surface area contributed by atoms with Crippen LogP contribution in [-0.2, 0) is 14.3 Å². The van der Waals surface area contributed by atoms with Crippen molar-refractivity contribution in [1.82, 2.24) is 5.32 Å². The molecule has 0 bridgehead atoms. The number of carbonyl (C=O) groups is 2. The van der Waals surface area contributed by atoms with E-state index < -0.39 is 12.1 Å². The number of hydrogen-bond donors (Lipinski definition) is 3. The van der Waals surface area contributed by atoms with Gasteiger partial charge in [-0.25, -0.2) is 0 Å². The van der Waals surface area contributed by atoms with E-state index in [2.05, 4.69) is 43.5 Å². The lowest BCUT2D eigenvalue weighted by molar-refractivity contribution is -0.143. The number of hydrogen-bond acceptors (Lipinski definition) is 5. The molecule has 0 spiro atoms. The molecule has 2 unspecified atom stereocenters. The van der Waals surface area contributed by atoms with Crippen LogP contribution >= 0.6 is 0 Å². The van der Waals surface area contributed by atoms with E-state index in [1.54, 1.807) is 6.08 Å². The molecule has 2 atom stereocenters. The highest BCUT2D eigenvalue weighted by atomic mass is 16.5. The summed E-state index contributed by atoms with van der Waals surface area (Å²) in [5, 5.41) is 23.1. The summed E-state index contributed by atoms with van der Waals surface area (Å²) in [6, 6.07) is -0.629. The van der Waals surface area contributed by atoms with Crippen molar-refractivity contribution in [3.8, 4) is 0 Å². The van der Waals surface area contributed by atoms with Crippen molar-refractivity contribution in [2.24, 2.45) is 0 Å². The molecule has 0 saturated carbocycles. The van der Waals surface area contributed by atoms with E-state index in [-0.39, 0.29) is 18.5 Å². The summed E-state index contributed by atoms with van der Waals surface area (Å²) < 4.78 is 5.48. The molecule has 70 heavy (non-hydrogen) atoms. The van der Waals surface area contributed by atoms with Gasteiger partial charge in [0, 0.05) is 12.8 Å². The van der Waals surface area contributed by atoms with Crippen LogP contribution in [0.2, 0.25) is 0 Å². The molecule has 0 radical (unpaired) electrons. The zero-order valence-corrected chi connectivity index (χ0v) is 47.0. The number of allylic oxidation sites excluding steroid dienone is 5. The fourth-order valence-electron chi connectivity index (χ4n) is 9.57. The van der Waals surface area contributed by atoms with Crippen molar-refractivity contribution in [2.45, 2.75) is 347 Å². The molecule has 0 saturated heterocycles. The van der Waals surface area contributed by atoms with Crippen LogP contribution in [0.15, 0.2) is 36.5 Å². The van der Waals surface area contributed by atoms with Crippen molar-refractivity contribution in [2.75, 3.05) is 13.2 Å². The smallest absolute Gasteiger partial charge is 0.305 e. The Hall–Kier alpha value is -1.92. The molecule has 6 nitrogen and oxygen atoms in total. The Kier molecular flexibility index (Phi) is 58.0. The molecule has 0 rings (SSSR count). The van der Waals surface area contributed by atoms with Gasteiger partial charge < -0.3 is 20.3 Å². The summed E-state index contributed by atoms with van der Waals surface area (Å²) in [6.45, 7) is 4.90. The molecule has 0 heterocycles. The summed E-state index contributed by atoms with van der Waals surface area (Å²) in [7, 11) is 0. The summed E-state index contributed by atoms with van der Waals surface area (Å²) in [4.78, 5) is 24.5. The molecule has 0 fully saturated rings. The van der Waals surface area contributed by atoms with E-state index in [9.17, 15) is 19.8 Å². The molecule has 0 aromatic carbocycles. The first-order valence-electron chi connectivity index (χ1n) is 31.3. The van der Waals surface area contributed by atoms with Crippen molar-refractivity contribution in [3.63, 3.8) is 0 Å². The molecular weight excluding hydrogens is 863 g/mol. The maximum Gasteiger partial charge on any atom is 0.305 e. The minimum absolute atomic E-state index is 0.00502. The zero-order chi connectivity index (χ0) is 50.7. The third-order valence-corrected chi connectivity index (χ3v) is 14.4. The Morgan fingerprint density at radius 2 is 0.671 bits per heavy atom. The number of aliphatic hydroxyl groups excluding tert-OH is 2. The standard InChI is InChI=1S/C64H121NO5/c1-3-5-7-9-11-13-15-17-29-34-38-42-46-50-54-58-64(69)70-59-55-51-47-43-39-35-31-28-26-24-22-20-18-19-21-23-25-27-30-33-37-41-45-49-53-57-63(68)65-61(60-66)62(67)56-52-48-44-40-36-32-16-14-12-10-8-6-4-2/h17,19,21,29,52,56,61-62,66-67H,3-16,18,20,22-28,30-51,53-55,57-60H2,1-2H3,(H,65,68)/b21-19-,29-17-,56-52+. The predicted octanol–water partition coefficient (Wildman–Crippen LogP) is 19.6. The summed E-state index contributed by atoms with van der Waals surface area (Å²) in [5.74, 6) is -0.0658. The van der Waals surface area contributed by atoms with E-state index in [1.807, 2.05) is 6.08 Å². The van der Waals surface area contributed by atoms with Gasteiger partial charge in [-0.15, -0.1) is 0 Å². The fraction of sp³-hybridized carbons (Fsp3) is 0.875. The van der Waals surface area contributed by atoms with Gasteiger partial charge in [0.25, 0.3) is 0 Å². The molecule has 412 valence electrons. The van der Waals surface area contributed by atoms with Gasteiger partial charge >= 0.3 is 5.97 Å². The van der Waals surface area contributed by atoms with Crippen molar-refractivity contribution in [1.29, 1.82) is 0 Å². The normalized spacial score (nSPS) is 12.8. The minimum Gasteiger partial charge on any atom is -0.466 e. The molecule has 6 heteroatoms. The number of aliphatic hydroxyl groups is 2. The molecule has 1 amide bonds. The summed E-state index contributed by atoms with van der Waals surface area (Å²) >= 11 is 0. The van der Waals surface area contributed by atoms with E-state index in [0.717, 1.165) is 44.9 Å². The van der Waals surface area contributed by atoms with Gasteiger partial charge in [0.1, 0.15) is 0 Å². The van der Waals surface area contributed by atoms with Crippen LogP contribution in [0.4, 0.5) is 0 Å². The first-order chi connectivity index (χ1) is 34.5. The third-order valence-electron chi connectivity index (χ3n) is 14.4. The number of amides is 1. The Morgan fingerprint density at radius 3 is 1.01 bits per heavy atom. The van der Waals surface area contributed by atoms with Crippen LogP contribution in [0.25, 0.3) is 0 Å². The molecule has 0 aliphatic heterocycles. The number of nitrogens with one attached hydrogen (secondary N) is 1. The molecule has 0 aliphatic carbocycles. The second-order valence-electron chi connectivity index (χ2n) is 21.4. The van der Waals surface area contributed by atoms with E-state index in [0.29, 0.717) is 19.4 Å². The van der Waals surface area contributed by atoms with E-state index in [4.69, 9.17) is 4.74 Å². The highest BCUT2D eigenvalue weighted by molar-refractivity contribution is 5.76. The van der Waals surface area contributed by atoms with Crippen molar-refractivity contribution >= 4 is 11.9 Å². The van der Waals surface area contributed by atoms with Gasteiger partial charge in [-0.05, 0) is 83.5 Å². The number of carbonyl (C=O) groups excluding carboxylic acids is 2. The topological polar surface area (TPSA) is 95.9 Å². The fourth-order valence-corrected chi connectivity index (χ4v) is 9.57. The van der Waals surface area contributed by atoms with Gasteiger partial charge in [0.05, 0.1) is 25.4 Å². The lowest BCUT2D eigenvalue weighted by Gasteiger charge is -2.20. The minimum atomic E-state index is -0.846. The average molecular weight is 985 g/mol. The predicted molar refractivity (Wildman–Crippen MR) is 306 cm³/mol. The van der Waals surface area contributed by atoms with Gasteiger partial charge in [-0.3, -0.25) is 9.59 Å². The van der Waals surface area contributed by atoms with Crippen LogP contribution in [0.1, 0.15) is 335 Å². The maximum atomic E-state index is 12.4. The van der Waals surface area contributed by atoms with Gasteiger partial charge in [-0.2, -0.15) is 0 Å². The van der Waals surface area contributed by atoms with Crippen molar-refractivity contribution in [3.05, 3.63) is 36.5 Å². The van der Waals surface area contributed by atoms with Crippen LogP contribution < -0.4 is 5.32 Å². The Bertz CT molecular complexity index is 1130. The van der Waals surface area contributed by atoms with Gasteiger partial charge in [0.15, 0.2) is 0 Å². The average Bonchev–Trinajstić information content (AvgIpc) is 3.36. The summed E-state index contributed by atoms with van der Waals surface area (Å²) in [5.41, 5.74) is 0. The van der Waals surface area contributed by atoms with E-state index in [1.165, 1.54) is 263 Å². The highest BCUT2D eigenvalue weighted by Gasteiger charge is 2.18. The van der Waals surface area contributed by atoms with Crippen LogP contribution in [-0.4, -0.2) is 47.4 Å². The molecule has 0 aromatic rings. The Labute approximate surface area is 436 Å². The number of unbranched alkanes of at least 4 members (excludes halogenated alkanes) is 43. The SMILES string of the molecule is CCCCCCCC/C=C\CCCCCCCC(=O)OCCCCCCCCCCCCCC/C=C\CCCCCCCCCCCC(=O)NC(CO)C(O)/C=C/CCCCCCCCCCCCC. The Balaban J connectivity index is 3.41. The van der Waals surface area contributed by atoms with Crippen molar-refractivity contribution < 1.29 is 24.5 Å². The largest absolute Gasteiger partial charge is 0.466 e. The van der Waals surface area contributed by atoms with Gasteiger partial charge in [0.2, 0.25) is 5.91 Å². The first kappa shape index (κ1) is 68.1. The summed E-state index contributed by atoms with van der Waals surface area (Å²) in [6.07, 6.45) is 74.7. The van der Waals surface area contributed by atoms with Crippen LogP contribution in [0.3, 0.4) is 0 Å². The molecular formula is C64H121NO5. The lowest BCUT2D eigenvalue weighted by atomic mass is 10.0. The quantitative estimate of drug-likeness (QED) is 0.0321. The second kappa shape index (κ2) is 59.6. The number of rotatable bonds is 58. The molecule has 0 aliphatic rings. The van der Waals surface area contributed by atoms with Crippen LogP contribution in [0.5, 0.6) is 0 Å². The molecule has 3 N–H and O–H groups in total. The molecule has 0 aromatic heterocycles. The van der Waals surface area contributed by atoms with Crippen LogP contribution in [0, 0.1) is 0 Å². The maximum absolute atomic E-state index is 12.4.